The van der Waals surface area contributed by atoms with Crippen molar-refractivity contribution < 1.29 is 19.1 Å². The normalized spacial score (nSPS) is 13.5. The summed E-state index contributed by atoms with van der Waals surface area (Å²) in [5.41, 5.74) is 6.54. The monoisotopic (exact) mass is 355 g/mol. The molecule has 0 fully saturated rings. The zero-order valence-corrected chi connectivity index (χ0v) is 14.3. The number of anilines is 1. The van der Waals surface area contributed by atoms with Crippen molar-refractivity contribution in [3.8, 4) is 0 Å². The van der Waals surface area contributed by atoms with Gasteiger partial charge in [-0.2, -0.15) is 9.97 Å². The third-order valence-electron chi connectivity index (χ3n) is 3.28. The van der Waals surface area contributed by atoms with Gasteiger partial charge in [0.25, 0.3) is 0 Å². The second kappa shape index (κ2) is 7.43. The van der Waals surface area contributed by atoms with Gasteiger partial charge >= 0.3 is 11.9 Å². The quantitative estimate of drug-likeness (QED) is 0.611. The third kappa shape index (κ3) is 4.31. The lowest BCUT2D eigenvalue weighted by atomic mass is 10.1. The van der Waals surface area contributed by atoms with Crippen LogP contribution >= 0.6 is 11.6 Å². The van der Waals surface area contributed by atoms with Crippen LogP contribution in [-0.2, 0) is 19.1 Å². The van der Waals surface area contributed by atoms with Gasteiger partial charge in [-0.15, -0.1) is 0 Å². The molecule has 10 heteroatoms. The van der Waals surface area contributed by atoms with Crippen molar-refractivity contribution in [2.45, 2.75) is 39.3 Å². The number of halogens is 1. The third-order valence-corrected chi connectivity index (χ3v) is 3.54. The molecule has 0 saturated heterocycles. The molecule has 0 aliphatic heterocycles. The fourth-order valence-electron chi connectivity index (χ4n) is 2.31. The van der Waals surface area contributed by atoms with Gasteiger partial charge in [-0.1, -0.05) is 11.6 Å². The predicted octanol–water partition coefficient (Wildman–Crippen LogP) is 1.51. The van der Waals surface area contributed by atoms with Crippen molar-refractivity contribution >= 4 is 40.7 Å². The van der Waals surface area contributed by atoms with Crippen LogP contribution in [0.3, 0.4) is 0 Å². The summed E-state index contributed by atoms with van der Waals surface area (Å²) >= 11 is 6.01. The maximum Gasteiger partial charge on any atom is 0.303 e. The molecule has 130 valence electrons. The molecule has 2 atom stereocenters. The molecule has 2 rings (SSSR count). The number of fused-ring (bicyclic) bond motifs is 1. The smallest absolute Gasteiger partial charge is 0.303 e. The fraction of sp³-hybridized carbons (Fsp3) is 0.500. The Balaban J connectivity index is 2.21. The van der Waals surface area contributed by atoms with E-state index < -0.39 is 18.0 Å². The zero-order valence-electron chi connectivity index (χ0n) is 13.5. The Hall–Kier alpha value is -2.42. The van der Waals surface area contributed by atoms with E-state index in [0.29, 0.717) is 17.6 Å². The molecule has 0 aliphatic rings. The van der Waals surface area contributed by atoms with Crippen LogP contribution < -0.4 is 5.73 Å². The van der Waals surface area contributed by atoms with E-state index >= 15 is 0 Å². The van der Waals surface area contributed by atoms with Crippen LogP contribution in [-0.4, -0.2) is 44.2 Å². The number of esters is 2. The van der Waals surface area contributed by atoms with Gasteiger partial charge in [-0.3, -0.25) is 9.59 Å². The molecule has 0 bridgehead atoms. The van der Waals surface area contributed by atoms with Gasteiger partial charge in [0.2, 0.25) is 5.95 Å². The minimum atomic E-state index is -0.589. The second-order valence-electron chi connectivity index (χ2n) is 5.32. The number of aromatic nitrogens is 4. The van der Waals surface area contributed by atoms with E-state index in [0.717, 1.165) is 0 Å². The van der Waals surface area contributed by atoms with Crippen LogP contribution in [0.5, 0.6) is 0 Å². The second-order valence-corrected chi connectivity index (χ2v) is 5.67. The Kier molecular flexibility index (Phi) is 5.55. The van der Waals surface area contributed by atoms with Crippen LogP contribution in [0.15, 0.2) is 6.33 Å². The number of carbonyl (C=O) groups excluding carboxylic acids is 2. The van der Waals surface area contributed by atoms with E-state index in [9.17, 15) is 9.59 Å². The van der Waals surface area contributed by atoms with Gasteiger partial charge in [0.1, 0.15) is 18.2 Å². The summed E-state index contributed by atoms with van der Waals surface area (Å²) in [6, 6.07) is -0.166. The van der Waals surface area contributed by atoms with Crippen LogP contribution in [0.2, 0.25) is 5.15 Å². The maximum absolute atomic E-state index is 11.2. The number of nitrogen functional groups attached to an aromatic ring is 1. The molecule has 2 aromatic rings. The topological polar surface area (TPSA) is 122 Å². The summed E-state index contributed by atoms with van der Waals surface area (Å²) in [5.74, 6) is -0.859. The van der Waals surface area contributed by atoms with Gasteiger partial charge in [-0.25, -0.2) is 4.98 Å². The zero-order chi connectivity index (χ0) is 17.9. The number of ether oxygens (including phenoxy) is 2. The van der Waals surface area contributed by atoms with Crippen molar-refractivity contribution in [3.05, 3.63) is 11.5 Å². The summed E-state index contributed by atoms with van der Waals surface area (Å²) < 4.78 is 11.9. The highest BCUT2D eigenvalue weighted by Gasteiger charge is 2.21. The average molecular weight is 356 g/mol. The van der Waals surface area contributed by atoms with Crippen molar-refractivity contribution in [2.24, 2.45) is 0 Å². The van der Waals surface area contributed by atoms with E-state index in [-0.39, 0.29) is 23.8 Å². The Bertz CT molecular complexity index is 763. The summed E-state index contributed by atoms with van der Waals surface area (Å²) in [7, 11) is 0. The highest BCUT2D eigenvalue weighted by molar-refractivity contribution is 6.33. The van der Waals surface area contributed by atoms with E-state index in [4.69, 9.17) is 26.8 Å². The fourth-order valence-corrected chi connectivity index (χ4v) is 2.53. The summed E-state index contributed by atoms with van der Waals surface area (Å²) in [6.45, 7) is 4.45. The lowest BCUT2D eigenvalue weighted by Crippen LogP contribution is -2.26. The molecule has 0 saturated carbocycles. The van der Waals surface area contributed by atoms with E-state index in [2.05, 4.69) is 15.0 Å². The van der Waals surface area contributed by atoms with Gasteiger partial charge in [0.05, 0.1) is 6.33 Å². The first-order chi connectivity index (χ1) is 11.3. The summed E-state index contributed by atoms with van der Waals surface area (Å²) in [5, 5.41) is 0.167. The molecule has 2 aromatic heterocycles. The Labute approximate surface area is 143 Å². The molecule has 2 heterocycles. The van der Waals surface area contributed by atoms with Crippen LogP contribution in [0.4, 0.5) is 5.95 Å². The van der Waals surface area contributed by atoms with Crippen LogP contribution in [0.1, 0.15) is 33.2 Å². The molecule has 0 amide bonds. The van der Waals surface area contributed by atoms with Gasteiger partial charge < -0.3 is 19.8 Å². The molecular formula is C14H18ClN5O4. The molecule has 0 aliphatic carbocycles. The number of nitrogens with zero attached hydrogens (tertiary/aromatic N) is 4. The highest BCUT2D eigenvalue weighted by Crippen LogP contribution is 2.25. The Morgan fingerprint density at radius 2 is 2.04 bits per heavy atom. The van der Waals surface area contributed by atoms with Crippen molar-refractivity contribution in [2.75, 3.05) is 12.3 Å². The van der Waals surface area contributed by atoms with E-state index in [1.54, 1.807) is 10.9 Å². The standard InChI is InChI=1S/C14H18ClN5O4/c1-7(4-10(24-9(3)22)5-23-8(2)21)20-6-17-11-12(15)18-14(16)19-13(11)20/h6-7,10H,4-5H2,1-3H3,(H2,16,18,19). The number of imidazole rings is 1. The number of hydrogen-bond acceptors (Lipinski definition) is 8. The Morgan fingerprint density at radius 3 is 2.67 bits per heavy atom. The first-order valence-corrected chi connectivity index (χ1v) is 7.61. The molecule has 0 radical (unpaired) electrons. The molecule has 2 N–H and O–H groups in total. The van der Waals surface area contributed by atoms with Crippen LogP contribution in [0, 0.1) is 0 Å². The number of carbonyl (C=O) groups is 2. The minimum Gasteiger partial charge on any atom is -0.462 e. The van der Waals surface area contributed by atoms with Gasteiger partial charge in [-0.05, 0) is 6.92 Å². The first-order valence-electron chi connectivity index (χ1n) is 7.24. The molecule has 9 nitrogen and oxygen atoms in total. The van der Waals surface area contributed by atoms with Crippen molar-refractivity contribution in [1.82, 2.24) is 19.5 Å². The number of nitrogens with two attached hydrogens (primary N) is 1. The van der Waals surface area contributed by atoms with Crippen molar-refractivity contribution in [3.63, 3.8) is 0 Å². The lowest BCUT2D eigenvalue weighted by Gasteiger charge is -2.21. The van der Waals surface area contributed by atoms with E-state index in [1.165, 1.54) is 13.8 Å². The largest absolute Gasteiger partial charge is 0.462 e. The van der Waals surface area contributed by atoms with E-state index in [1.807, 2.05) is 6.92 Å². The van der Waals surface area contributed by atoms with Gasteiger partial charge in [0.15, 0.2) is 10.8 Å². The first kappa shape index (κ1) is 17.9. The lowest BCUT2D eigenvalue weighted by molar-refractivity contribution is -0.157. The molecule has 2 unspecified atom stereocenters. The number of hydrogen-bond donors (Lipinski definition) is 1. The summed E-state index contributed by atoms with van der Waals surface area (Å²) in [6.07, 6.45) is 1.36. The predicted molar refractivity (Wildman–Crippen MR) is 86.3 cm³/mol. The molecule has 0 spiro atoms. The Morgan fingerprint density at radius 1 is 1.33 bits per heavy atom. The number of rotatable bonds is 6. The minimum absolute atomic E-state index is 0.0240. The highest BCUT2D eigenvalue weighted by atomic mass is 35.5. The molecule has 0 aromatic carbocycles. The summed E-state index contributed by atoms with van der Waals surface area (Å²) in [4.78, 5) is 34.4. The van der Waals surface area contributed by atoms with Gasteiger partial charge in [0, 0.05) is 26.3 Å². The maximum atomic E-state index is 11.2. The van der Waals surface area contributed by atoms with Crippen molar-refractivity contribution in [1.29, 1.82) is 0 Å². The molecular weight excluding hydrogens is 338 g/mol. The average Bonchev–Trinajstić information content (AvgIpc) is 2.88. The SMILES string of the molecule is CC(=O)OCC(CC(C)n1cnc2c(Cl)nc(N)nc21)OC(C)=O. The molecule has 24 heavy (non-hydrogen) atoms. The van der Waals surface area contributed by atoms with Crippen LogP contribution in [0.25, 0.3) is 11.2 Å².